The van der Waals surface area contributed by atoms with Crippen molar-refractivity contribution in [2.45, 2.75) is 25.3 Å². The summed E-state index contributed by atoms with van der Waals surface area (Å²) in [5.41, 5.74) is 2.07. The van der Waals surface area contributed by atoms with Crippen LogP contribution in [0.2, 0.25) is 0 Å². The quantitative estimate of drug-likeness (QED) is 0.634. The molecule has 148 valence electrons. The molecular formula is C19H22N4O3S2. The van der Waals surface area contributed by atoms with E-state index in [1.54, 1.807) is 27.8 Å². The fraction of sp³-hybridized carbons (Fsp3) is 0.368. The number of aryl methyl sites for hydroxylation is 2. The van der Waals surface area contributed by atoms with E-state index in [1.807, 2.05) is 37.4 Å². The first-order chi connectivity index (χ1) is 13.4. The van der Waals surface area contributed by atoms with E-state index in [0.29, 0.717) is 49.4 Å². The van der Waals surface area contributed by atoms with Gasteiger partial charge in [0.05, 0.1) is 16.3 Å². The summed E-state index contributed by atoms with van der Waals surface area (Å²) in [5.74, 6) is 1.08. The first-order valence-electron chi connectivity index (χ1n) is 9.09. The van der Waals surface area contributed by atoms with Gasteiger partial charge in [-0.2, -0.15) is 4.31 Å². The third-order valence-electron chi connectivity index (χ3n) is 5.01. The van der Waals surface area contributed by atoms with Crippen LogP contribution in [0, 0.1) is 13.8 Å². The van der Waals surface area contributed by atoms with Gasteiger partial charge in [0.25, 0.3) is 5.89 Å². The monoisotopic (exact) mass is 418 g/mol. The molecule has 1 aliphatic rings. The average molecular weight is 419 g/mol. The Morgan fingerprint density at radius 1 is 1.07 bits per heavy atom. The first kappa shape index (κ1) is 19.3. The van der Waals surface area contributed by atoms with E-state index in [2.05, 4.69) is 15.1 Å². The molecule has 4 rings (SSSR count). The SMILES string of the molecule is Cc1ccc(S(=O)(=O)N2CCN(Cc3nnc(-c4cccs4)o3)CC2)cc1C. The minimum absolute atomic E-state index is 0.363. The number of sulfonamides is 1. The molecule has 1 saturated heterocycles. The summed E-state index contributed by atoms with van der Waals surface area (Å²) in [7, 11) is -3.47. The average Bonchev–Trinajstić information content (AvgIpc) is 3.36. The first-order valence-corrected chi connectivity index (χ1v) is 11.4. The van der Waals surface area contributed by atoms with Gasteiger partial charge in [0, 0.05) is 26.2 Å². The third-order valence-corrected chi connectivity index (χ3v) is 7.76. The van der Waals surface area contributed by atoms with Gasteiger partial charge in [0.15, 0.2) is 0 Å². The lowest BCUT2D eigenvalue weighted by atomic mass is 10.1. The molecule has 0 bridgehead atoms. The summed E-state index contributed by atoms with van der Waals surface area (Å²) in [6.07, 6.45) is 0. The number of hydrogen-bond acceptors (Lipinski definition) is 7. The molecule has 0 aliphatic carbocycles. The third kappa shape index (κ3) is 3.88. The van der Waals surface area contributed by atoms with Crippen LogP contribution >= 0.6 is 11.3 Å². The van der Waals surface area contributed by atoms with Crippen LogP contribution in [-0.2, 0) is 16.6 Å². The summed E-state index contributed by atoms with van der Waals surface area (Å²) < 4.78 is 33.1. The largest absolute Gasteiger partial charge is 0.419 e. The molecule has 3 aromatic rings. The minimum Gasteiger partial charge on any atom is -0.419 e. The number of benzene rings is 1. The van der Waals surface area contributed by atoms with Crippen LogP contribution < -0.4 is 0 Å². The van der Waals surface area contributed by atoms with Gasteiger partial charge in [0.1, 0.15) is 0 Å². The van der Waals surface area contributed by atoms with E-state index in [4.69, 9.17) is 4.42 Å². The van der Waals surface area contributed by atoms with Crippen LogP contribution in [0.5, 0.6) is 0 Å². The van der Waals surface area contributed by atoms with Crippen LogP contribution in [-0.4, -0.2) is 54.0 Å². The number of thiophene rings is 1. The zero-order valence-corrected chi connectivity index (χ0v) is 17.5. The molecule has 0 saturated carbocycles. The van der Waals surface area contributed by atoms with Crippen LogP contribution in [0.1, 0.15) is 17.0 Å². The predicted molar refractivity (Wildman–Crippen MR) is 108 cm³/mol. The molecule has 1 aromatic carbocycles. The summed E-state index contributed by atoms with van der Waals surface area (Å²) >= 11 is 1.55. The molecule has 0 atom stereocenters. The molecule has 2 aromatic heterocycles. The normalized spacial score (nSPS) is 16.5. The molecule has 9 heteroatoms. The van der Waals surface area contributed by atoms with E-state index in [0.717, 1.165) is 16.0 Å². The highest BCUT2D eigenvalue weighted by atomic mass is 32.2. The molecule has 1 fully saturated rings. The van der Waals surface area contributed by atoms with E-state index in [1.165, 1.54) is 0 Å². The lowest BCUT2D eigenvalue weighted by Crippen LogP contribution is -2.48. The van der Waals surface area contributed by atoms with Gasteiger partial charge in [-0.05, 0) is 48.6 Å². The van der Waals surface area contributed by atoms with Gasteiger partial charge >= 0.3 is 0 Å². The molecule has 1 aliphatic heterocycles. The lowest BCUT2D eigenvalue weighted by Gasteiger charge is -2.33. The Morgan fingerprint density at radius 2 is 1.86 bits per heavy atom. The fourth-order valence-electron chi connectivity index (χ4n) is 3.16. The second-order valence-corrected chi connectivity index (χ2v) is 9.79. The fourth-order valence-corrected chi connectivity index (χ4v) is 5.31. The molecule has 7 nitrogen and oxygen atoms in total. The van der Waals surface area contributed by atoms with Crippen LogP contribution in [0.15, 0.2) is 45.0 Å². The molecular weight excluding hydrogens is 396 g/mol. The topological polar surface area (TPSA) is 79.5 Å². The van der Waals surface area contributed by atoms with Gasteiger partial charge in [-0.1, -0.05) is 12.1 Å². The van der Waals surface area contributed by atoms with Gasteiger partial charge in [-0.15, -0.1) is 21.5 Å². The van der Waals surface area contributed by atoms with Crippen LogP contribution in [0.4, 0.5) is 0 Å². The van der Waals surface area contributed by atoms with Crippen molar-refractivity contribution in [3.8, 4) is 10.8 Å². The summed E-state index contributed by atoms with van der Waals surface area (Å²) in [5, 5.41) is 10.2. The standard InChI is InChI=1S/C19H22N4O3S2/c1-14-5-6-16(12-15(14)2)28(24,25)23-9-7-22(8-10-23)13-18-20-21-19(26-18)17-4-3-11-27-17/h3-6,11-12H,7-10,13H2,1-2H3. The number of nitrogens with zero attached hydrogens (tertiary/aromatic N) is 4. The van der Waals surface area contributed by atoms with Crippen molar-refractivity contribution in [3.63, 3.8) is 0 Å². The van der Waals surface area contributed by atoms with Crippen molar-refractivity contribution in [2.75, 3.05) is 26.2 Å². The molecule has 0 N–H and O–H groups in total. The Labute approximate surface area is 168 Å². The number of aromatic nitrogens is 2. The summed E-state index contributed by atoms with van der Waals surface area (Å²) in [6.45, 7) is 6.58. The van der Waals surface area contributed by atoms with E-state index >= 15 is 0 Å². The lowest BCUT2D eigenvalue weighted by molar-refractivity contribution is 0.168. The van der Waals surface area contributed by atoms with Gasteiger partial charge < -0.3 is 4.42 Å². The summed E-state index contributed by atoms with van der Waals surface area (Å²) in [6, 6.07) is 9.19. The van der Waals surface area contributed by atoms with E-state index < -0.39 is 10.0 Å². The molecule has 0 spiro atoms. The molecule has 28 heavy (non-hydrogen) atoms. The summed E-state index contributed by atoms with van der Waals surface area (Å²) in [4.78, 5) is 3.45. The smallest absolute Gasteiger partial charge is 0.257 e. The zero-order valence-electron chi connectivity index (χ0n) is 15.8. The Hall–Kier alpha value is -2.07. The number of piperazine rings is 1. The van der Waals surface area contributed by atoms with Crippen molar-refractivity contribution in [1.82, 2.24) is 19.4 Å². The van der Waals surface area contributed by atoms with Gasteiger partial charge in [0.2, 0.25) is 15.9 Å². The second-order valence-electron chi connectivity index (χ2n) is 6.90. The van der Waals surface area contributed by atoms with Crippen LogP contribution in [0.3, 0.4) is 0 Å². The number of hydrogen-bond donors (Lipinski definition) is 0. The molecule has 0 amide bonds. The van der Waals surface area contributed by atoms with E-state index in [-0.39, 0.29) is 0 Å². The highest BCUT2D eigenvalue weighted by Gasteiger charge is 2.29. The van der Waals surface area contributed by atoms with Gasteiger partial charge in [-0.3, -0.25) is 4.90 Å². The zero-order chi connectivity index (χ0) is 19.7. The highest BCUT2D eigenvalue weighted by molar-refractivity contribution is 7.89. The maximum absolute atomic E-state index is 12.9. The Balaban J connectivity index is 1.38. The van der Waals surface area contributed by atoms with Crippen molar-refractivity contribution in [1.29, 1.82) is 0 Å². The van der Waals surface area contributed by atoms with E-state index in [9.17, 15) is 8.42 Å². The molecule has 0 unspecified atom stereocenters. The second kappa shape index (κ2) is 7.75. The maximum atomic E-state index is 12.9. The van der Waals surface area contributed by atoms with Crippen molar-refractivity contribution in [2.24, 2.45) is 0 Å². The number of rotatable bonds is 5. The predicted octanol–water partition coefficient (Wildman–Crippen LogP) is 2.92. The molecule has 0 radical (unpaired) electrons. The Morgan fingerprint density at radius 3 is 2.54 bits per heavy atom. The van der Waals surface area contributed by atoms with Crippen LogP contribution in [0.25, 0.3) is 10.8 Å². The Kier molecular flexibility index (Phi) is 5.33. The van der Waals surface area contributed by atoms with Crippen molar-refractivity contribution >= 4 is 21.4 Å². The minimum atomic E-state index is -3.47. The van der Waals surface area contributed by atoms with Crippen molar-refractivity contribution < 1.29 is 12.8 Å². The van der Waals surface area contributed by atoms with Gasteiger partial charge in [-0.25, -0.2) is 8.42 Å². The van der Waals surface area contributed by atoms with Crippen molar-refractivity contribution in [3.05, 3.63) is 52.7 Å². The maximum Gasteiger partial charge on any atom is 0.257 e. The highest BCUT2D eigenvalue weighted by Crippen LogP contribution is 2.24. The Bertz CT molecular complexity index is 1050. The molecule has 3 heterocycles.